The lowest BCUT2D eigenvalue weighted by atomic mass is 10.1. The lowest BCUT2D eigenvalue weighted by molar-refractivity contribution is -0.385. The monoisotopic (exact) mass is 328 g/mol. The second kappa shape index (κ2) is 7.23. The Labute approximate surface area is 137 Å². The van der Waals surface area contributed by atoms with E-state index in [0.29, 0.717) is 11.3 Å². The molecular weight excluding hydrogens is 312 g/mol. The summed E-state index contributed by atoms with van der Waals surface area (Å²) in [6, 6.07) is 10.5. The fourth-order valence-corrected chi connectivity index (χ4v) is 2.19. The summed E-state index contributed by atoms with van der Waals surface area (Å²) >= 11 is 0. The Kier molecular flexibility index (Phi) is 5.10. The van der Waals surface area contributed by atoms with Gasteiger partial charge in [-0.25, -0.2) is 4.79 Å². The summed E-state index contributed by atoms with van der Waals surface area (Å²) in [5.41, 5.74) is 6.86. The number of nitrogens with zero attached hydrogens (tertiary/aromatic N) is 1. The van der Waals surface area contributed by atoms with Crippen LogP contribution in [0.25, 0.3) is 0 Å². The van der Waals surface area contributed by atoms with Crippen LogP contribution >= 0.6 is 0 Å². The first-order valence-electron chi connectivity index (χ1n) is 7.06. The molecule has 8 heteroatoms. The van der Waals surface area contributed by atoms with E-state index in [1.165, 1.54) is 25.1 Å². The van der Waals surface area contributed by atoms with Gasteiger partial charge in [0.05, 0.1) is 4.92 Å². The fourth-order valence-electron chi connectivity index (χ4n) is 2.19. The molecule has 0 aliphatic heterocycles. The van der Waals surface area contributed by atoms with Gasteiger partial charge in [0, 0.05) is 29.4 Å². The molecule has 0 spiro atoms. The van der Waals surface area contributed by atoms with Gasteiger partial charge in [0.1, 0.15) is 0 Å². The van der Waals surface area contributed by atoms with Crippen molar-refractivity contribution in [3.8, 4) is 0 Å². The SMILES string of the molecule is Cc1c(C(=O)NCc2ccc(NC(N)=O)cc2)cccc1[N+](=O)[O-]. The van der Waals surface area contributed by atoms with E-state index >= 15 is 0 Å². The smallest absolute Gasteiger partial charge is 0.316 e. The minimum absolute atomic E-state index is 0.0930. The van der Waals surface area contributed by atoms with Crippen molar-refractivity contribution in [3.63, 3.8) is 0 Å². The number of hydrogen-bond donors (Lipinski definition) is 3. The van der Waals surface area contributed by atoms with Gasteiger partial charge in [0.15, 0.2) is 0 Å². The van der Waals surface area contributed by atoms with E-state index in [4.69, 9.17) is 5.73 Å². The number of nitro groups is 1. The molecule has 0 heterocycles. The molecule has 24 heavy (non-hydrogen) atoms. The maximum absolute atomic E-state index is 12.2. The number of carbonyl (C=O) groups is 2. The van der Waals surface area contributed by atoms with Crippen LogP contribution in [0.1, 0.15) is 21.5 Å². The molecule has 0 unspecified atom stereocenters. The Bertz CT molecular complexity index is 787. The molecule has 0 saturated carbocycles. The Morgan fingerprint density at radius 1 is 1.17 bits per heavy atom. The van der Waals surface area contributed by atoms with Gasteiger partial charge in [-0.2, -0.15) is 0 Å². The van der Waals surface area contributed by atoms with Crippen LogP contribution < -0.4 is 16.4 Å². The first kappa shape index (κ1) is 16.9. The van der Waals surface area contributed by atoms with Gasteiger partial charge in [-0.1, -0.05) is 18.2 Å². The molecule has 2 aromatic rings. The van der Waals surface area contributed by atoms with Crippen molar-refractivity contribution in [1.29, 1.82) is 0 Å². The molecule has 4 N–H and O–H groups in total. The third kappa shape index (κ3) is 4.07. The third-order valence-electron chi connectivity index (χ3n) is 3.42. The molecule has 0 aliphatic rings. The van der Waals surface area contributed by atoms with Crippen molar-refractivity contribution in [3.05, 3.63) is 69.3 Å². The van der Waals surface area contributed by atoms with Crippen molar-refractivity contribution < 1.29 is 14.5 Å². The van der Waals surface area contributed by atoms with Gasteiger partial charge < -0.3 is 16.4 Å². The van der Waals surface area contributed by atoms with Crippen LogP contribution in [0.2, 0.25) is 0 Å². The van der Waals surface area contributed by atoms with Crippen molar-refractivity contribution in [2.75, 3.05) is 5.32 Å². The van der Waals surface area contributed by atoms with Crippen molar-refractivity contribution in [2.45, 2.75) is 13.5 Å². The zero-order valence-corrected chi connectivity index (χ0v) is 12.9. The summed E-state index contributed by atoms with van der Waals surface area (Å²) in [6.45, 7) is 1.79. The number of rotatable bonds is 5. The highest BCUT2D eigenvalue weighted by Gasteiger charge is 2.17. The Balaban J connectivity index is 2.04. The lowest BCUT2D eigenvalue weighted by Gasteiger charge is -2.09. The first-order chi connectivity index (χ1) is 11.4. The maximum Gasteiger partial charge on any atom is 0.316 e. The zero-order chi connectivity index (χ0) is 17.7. The summed E-state index contributed by atoms with van der Waals surface area (Å²) in [5.74, 6) is -0.393. The molecular formula is C16H16N4O4. The van der Waals surface area contributed by atoms with E-state index in [1.807, 2.05) is 0 Å². The zero-order valence-electron chi connectivity index (χ0n) is 12.9. The molecule has 3 amide bonds. The Morgan fingerprint density at radius 3 is 2.42 bits per heavy atom. The van der Waals surface area contributed by atoms with Gasteiger partial charge in [0.25, 0.3) is 11.6 Å². The van der Waals surface area contributed by atoms with Crippen molar-refractivity contribution >= 4 is 23.3 Å². The molecule has 0 radical (unpaired) electrons. The third-order valence-corrected chi connectivity index (χ3v) is 3.42. The Hall–Kier alpha value is -3.42. The normalized spacial score (nSPS) is 10.0. The Morgan fingerprint density at radius 2 is 1.83 bits per heavy atom. The average molecular weight is 328 g/mol. The number of benzene rings is 2. The van der Waals surface area contributed by atoms with E-state index in [-0.39, 0.29) is 17.8 Å². The van der Waals surface area contributed by atoms with Crippen LogP contribution in [0.5, 0.6) is 0 Å². The van der Waals surface area contributed by atoms with Crippen LogP contribution in [-0.2, 0) is 6.54 Å². The van der Waals surface area contributed by atoms with Crippen LogP contribution in [0.3, 0.4) is 0 Å². The van der Waals surface area contributed by atoms with Crippen LogP contribution in [-0.4, -0.2) is 16.9 Å². The highest BCUT2D eigenvalue weighted by Crippen LogP contribution is 2.21. The largest absolute Gasteiger partial charge is 0.351 e. The standard InChI is InChI=1S/C16H16N4O4/c1-10-13(3-2-4-14(10)20(23)24)15(21)18-9-11-5-7-12(8-6-11)19-16(17)22/h2-8H,9H2,1H3,(H,18,21)(H3,17,19,22). The molecule has 0 saturated heterocycles. The molecule has 124 valence electrons. The number of nitrogens with one attached hydrogen (secondary N) is 2. The predicted octanol–water partition coefficient (Wildman–Crippen LogP) is 2.32. The minimum Gasteiger partial charge on any atom is -0.351 e. The van der Waals surface area contributed by atoms with Crippen LogP contribution in [0.4, 0.5) is 16.2 Å². The summed E-state index contributed by atoms with van der Waals surface area (Å²) in [7, 11) is 0. The summed E-state index contributed by atoms with van der Waals surface area (Å²) in [5, 5.41) is 16.1. The molecule has 8 nitrogen and oxygen atoms in total. The topological polar surface area (TPSA) is 127 Å². The highest BCUT2D eigenvalue weighted by atomic mass is 16.6. The van der Waals surface area contributed by atoms with Crippen LogP contribution in [0.15, 0.2) is 42.5 Å². The number of hydrogen-bond acceptors (Lipinski definition) is 4. The number of nitrogens with two attached hydrogens (primary N) is 1. The number of amides is 3. The van der Waals surface area contributed by atoms with Gasteiger partial charge in [0.2, 0.25) is 0 Å². The molecule has 0 atom stereocenters. The second-order valence-electron chi connectivity index (χ2n) is 5.08. The number of nitro benzene ring substituents is 1. The highest BCUT2D eigenvalue weighted by molar-refractivity contribution is 5.96. The van der Waals surface area contributed by atoms with Gasteiger partial charge in [-0.15, -0.1) is 0 Å². The summed E-state index contributed by atoms with van der Waals surface area (Å²) < 4.78 is 0. The average Bonchev–Trinajstić information content (AvgIpc) is 2.53. The van der Waals surface area contributed by atoms with E-state index in [1.54, 1.807) is 24.3 Å². The second-order valence-corrected chi connectivity index (χ2v) is 5.08. The van der Waals surface area contributed by atoms with Gasteiger partial charge in [-0.05, 0) is 30.7 Å². The van der Waals surface area contributed by atoms with E-state index in [2.05, 4.69) is 10.6 Å². The van der Waals surface area contributed by atoms with E-state index in [0.717, 1.165) is 5.56 Å². The predicted molar refractivity (Wildman–Crippen MR) is 88.7 cm³/mol. The molecule has 0 fully saturated rings. The van der Waals surface area contributed by atoms with E-state index < -0.39 is 16.9 Å². The van der Waals surface area contributed by atoms with Gasteiger partial charge >= 0.3 is 6.03 Å². The summed E-state index contributed by atoms with van der Waals surface area (Å²) in [6.07, 6.45) is 0. The quantitative estimate of drug-likeness (QED) is 0.575. The summed E-state index contributed by atoms with van der Waals surface area (Å²) in [4.78, 5) is 33.4. The van der Waals surface area contributed by atoms with Gasteiger partial charge in [-0.3, -0.25) is 14.9 Å². The van der Waals surface area contributed by atoms with E-state index in [9.17, 15) is 19.7 Å². The molecule has 2 aromatic carbocycles. The molecule has 0 bridgehead atoms. The number of anilines is 1. The molecule has 0 aliphatic carbocycles. The minimum atomic E-state index is -0.655. The van der Waals surface area contributed by atoms with Crippen LogP contribution in [0, 0.1) is 17.0 Å². The number of primary amides is 1. The lowest BCUT2D eigenvalue weighted by Crippen LogP contribution is -2.24. The maximum atomic E-state index is 12.2. The van der Waals surface area contributed by atoms with Crippen molar-refractivity contribution in [2.24, 2.45) is 5.73 Å². The number of carbonyl (C=O) groups excluding carboxylic acids is 2. The fraction of sp³-hybridized carbons (Fsp3) is 0.125. The molecule has 0 aromatic heterocycles. The van der Waals surface area contributed by atoms with Crippen molar-refractivity contribution in [1.82, 2.24) is 5.32 Å². The number of urea groups is 1. The molecule has 2 rings (SSSR count). The first-order valence-corrected chi connectivity index (χ1v) is 7.06.